The Morgan fingerprint density at radius 1 is 1.67 bits per heavy atom. The Labute approximate surface area is 105 Å². The van der Waals surface area contributed by atoms with Crippen molar-refractivity contribution in [2.24, 2.45) is 7.05 Å². The summed E-state index contributed by atoms with van der Waals surface area (Å²) in [7, 11) is 1.72. The molecule has 1 fully saturated rings. The molecular formula is C11H17N3O4. The number of aromatic carboxylic acids is 1. The van der Waals surface area contributed by atoms with Crippen molar-refractivity contribution in [1.82, 2.24) is 14.7 Å². The van der Waals surface area contributed by atoms with Crippen molar-refractivity contribution in [2.45, 2.75) is 12.6 Å². The molecule has 7 heteroatoms. The van der Waals surface area contributed by atoms with E-state index in [4.69, 9.17) is 9.84 Å². The second-order valence-electron chi connectivity index (χ2n) is 4.32. The van der Waals surface area contributed by atoms with Crippen molar-refractivity contribution < 1.29 is 19.7 Å². The average molecular weight is 255 g/mol. The van der Waals surface area contributed by atoms with Gasteiger partial charge in [0.15, 0.2) is 0 Å². The monoisotopic (exact) mass is 255 g/mol. The summed E-state index contributed by atoms with van der Waals surface area (Å²) in [6.45, 7) is 2.19. The normalized spacial score (nSPS) is 21.1. The van der Waals surface area contributed by atoms with Gasteiger partial charge in [-0.1, -0.05) is 0 Å². The maximum absolute atomic E-state index is 11.1. The number of aromatic nitrogens is 2. The highest BCUT2D eigenvalue weighted by molar-refractivity contribution is 5.88. The first kappa shape index (κ1) is 13.0. The van der Waals surface area contributed by atoms with E-state index in [0.717, 1.165) is 0 Å². The van der Waals surface area contributed by atoms with Gasteiger partial charge in [-0.2, -0.15) is 5.10 Å². The van der Waals surface area contributed by atoms with E-state index in [2.05, 4.69) is 5.10 Å². The first-order chi connectivity index (χ1) is 8.63. The molecule has 1 aromatic rings. The third kappa shape index (κ3) is 2.53. The summed E-state index contributed by atoms with van der Waals surface area (Å²) in [6.07, 6.45) is 1.35. The highest BCUT2D eigenvalue weighted by Gasteiger charge is 2.25. The van der Waals surface area contributed by atoms with Gasteiger partial charge in [-0.25, -0.2) is 4.79 Å². The lowest BCUT2D eigenvalue weighted by atomic mass is 10.2. The average Bonchev–Trinajstić information content (AvgIpc) is 2.72. The van der Waals surface area contributed by atoms with Crippen LogP contribution >= 0.6 is 0 Å². The fourth-order valence-electron chi connectivity index (χ4n) is 2.09. The molecule has 2 rings (SSSR count). The minimum Gasteiger partial charge on any atom is -0.478 e. The number of nitrogens with zero attached hydrogens (tertiary/aromatic N) is 3. The third-order valence-electron chi connectivity index (χ3n) is 3.21. The fourth-order valence-corrected chi connectivity index (χ4v) is 2.09. The van der Waals surface area contributed by atoms with Crippen LogP contribution in [0, 0.1) is 0 Å². The minimum absolute atomic E-state index is 0.000254. The largest absolute Gasteiger partial charge is 0.478 e. The third-order valence-corrected chi connectivity index (χ3v) is 3.21. The van der Waals surface area contributed by atoms with Crippen LogP contribution in [0.1, 0.15) is 16.1 Å². The van der Waals surface area contributed by atoms with Gasteiger partial charge < -0.3 is 14.9 Å². The highest BCUT2D eigenvalue weighted by atomic mass is 16.5. The van der Waals surface area contributed by atoms with Crippen LogP contribution in [-0.4, -0.2) is 63.3 Å². The molecule has 2 heterocycles. The van der Waals surface area contributed by atoms with Gasteiger partial charge in [0.2, 0.25) is 0 Å². The molecule has 1 unspecified atom stereocenters. The van der Waals surface area contributed by atoms with Crippen molar-refractivity contribution in [1.29, 1.82) is 0 Å². The first-order valence-corrected chi connectivity index (χ1v) is 5.80. The van der Waals surface area contributed by atoms with Crippen LogP contribution in [0.4, 0.5) is 0 Å². The van der Waals surface area contributed by atoms with Gasteiger partial charge in [-0.3, -0.25) is 9.58 Å². The number of hydrogen-bond donors (Lipinski definition) is 2. The number of aryl methyl sites for hydroxylation is 1. The van der Waals surface area contributed by atoms with Gasteiger partial charge in [0.1, 0.15) is 5.56 Å². The molecule has 0 spiro atoms. The molecule has 7 nitrogen and oxygen atoms in total. The summed E-state index contributed by atoms with van der Waals surface area (Å²) in [5.74, 6) is -0.980. The molecule has 0 radical (unpaired) electrons. The smallest absolute Gasteiger partial charge is 0.339 e. The molecule has 1 aromatic heterocycles. The van der Waals surface area contributed by atoms with Crippen LogP contribution in [0.5, 0.6) is 0 Å². The fraction of sp³-hybridized carbons (Fsp3) is 0.636. The van der Waals surface area contributed by atoms with Gasteiger partial charge in [0.25, 0.3) is 0 Å². The molecule has 0 aliphatic carbocycles. The molecule has 0 bridgehead atoms. The Balaban J connectivity index is 2.17. The number of carboxylic acid groups (broad SMARTS) is 1. The maximum Gasteiger partial charge on any atom is 0.339 e. The van der Waals surface area contributed by atoms with Gasteiger partial charge in [-0.15, -0.1) is 0 Å². The van der Waals surface area contributed by atoms with Crippen LogP contribution in [0.3, 0.4) is 0 Å². The molecule has 1 aliphatic rings. The Morgan fingerprint density at radius 2 is 2.44 bits per heavy atom. The van der Waals surface area contributed by atoms with E-state index in [1.807, 2.05) is 4.90 Å². The molecule has 2 N–H and O–H groups in total. The molecule has 0 saturated carbocycles. The van der Waals surface area contributed by atoms with Gasteiger partial charge in [0, 0.05) is 20.1 Å². The number of aliphatic hydroxyl groups is 1. The van der Waals surface area contributed by atoms with Crippen LogP contribution < -0.4 is 0 Å². The van der Waals surface area contributed by atoms with E-state index >= 15 is 0 Å². The number of hydrogen-bond acceptors (Lipinski definition) is 5. The molecule has 1 saturated heterocycles. The molecule has 1 atom stereocenters. The van der Waals surface area contributed by atoms with Crippen molar-refractivity contribution >= 4 is 5.97 Å². The predicted octanol–water partition coefficient (Wildman–Crippen LogP) is -0.689. The van der Waals surface area contributed by atoms with Gasteiger partial charge in [-0.05, 0) is 0 Å². The molecule has 100 valence electrons. The summed E-state index contributed by atoms with van der Waals surface area (Å²) in [6, 6.07) is -0.0877. The summed E-state index contributed by atoms with van der Waals surface area (Å²) >= 11 is 0. The summed E-state index contributed by atoms with van der Waals surface area (Å²) in [4.78, 5) is 13.1. The number of carbonyl (C=O) groups is 1. The lowest BCUT2D eigenvalue weighted by Crippen LogP contribution is -2.47. The zero-order valence-electron chi connectivity index (χ0n) is 10.2. The Morgan fingerprint density at radius 3 is 3.11 bits per heavy atom. The Bertz CT molecular complexity index is 432. The second-order valence-corrected chi connectivity index (χ2v) is 4.32. The highest BCUT2D eigenvalue weighted by Crippen LogP contribution is 2.15. The number of ether oxygens (including phenoxy) is 1. The van der Waals surface area contributed by atoms with Crippen LogP contribution in [0.2, 0.25) is 0 Å². The van der Waals surface area contributed by atoms with Crippen molar-refractivity contribution in [3.8, 4) is 0 Å². The zero-order valence-corrected chi connectivity index (χ0v) is 10.2. The number of aliphatic hydroxyl groups excluding tert-OH is 1. The minimum atomic E-state index is -0.980. The topological polar surface area (TPSA) is 87.8 Å². The van der Waals surface area contributed by atoms with Crippen LogP contribution in [-0.2, 0) is 18.3 Å². The lowest BCUT2D eigenvalue weighted by Gasteiger charge is -2.34. The molecule has 0 aromatic carbocycles. The summed E-state index contributed by atoms with van der Waals surface area (Å²) in [5.41, 5.74) is 0.850. The maximum atomic E-state index is 11.1. The quantitative estimate of drug-likeness (QED) is 0.740. The first-order valence-electron chi connectivity index (χ1n) is 5.80. The van der Waals surface area contributed by atoms with E-state index in [0.29, 0.717) is 32.0 Å². The lowest BCUT2D eigenvalue weighted by molar-refractivity contribution is -0.0322. The van der Waals surface area contributed by atoms with E-state index in [-0.39, 0.29) is 18.2 Å². The molecule has 18 heavy (non-hydrogen) atoms. The van der Waals surface area contributed by atoms with Crippen LogP contribution in [0.15, 0.2) is 6.20 Å². The van der Waals surface area contributed by atoms with Gasteiger partial charge >= 0.3 is 5.97 Å². The summed E-state index contributed by atoms with van der Waals surface area (Å²) < 4.78 is 6.85. The number of morpholine rings is 1. The zero-order chi connectivity index (χ0) is 13.1. The van der Waals surface area contributed by atoms with Crippen molar-refractivity contribution in [3.05, 3.63) is 17.5 Å². The van der Waals surface area contributed by atoms with Gasteiger partial charge in [0.05, 0.1) is 37.8 Å². The Kier molecular flexibility index (Phi) is 3.95. The van der Waals surface area contributed by atoms with E-state index < -0.39 is 5.97 Å². The number of rotatable bonds is 4. The SMILES string of the molecule is Cn1ncc(C(=O)O)c1CN1CCOCC1CO. The van der Waals surface area contributed by atoms with E-state index in [9.17, 15) is 9.90 Å². The number of carboxylic acids is 1. The van der Waals surface area contributed by atoms with Crippen molar-refractivity contribution in [3.63, 3.8) is 0 Å². The predicted molar refractivity (Wildman–Crippen MR) is 62.3 cm³/mol. The Hall–Kier alpha value is -1.44. The molecule has 1 aliphatic heterocycles. The van der Waals surface area contributed by atoms with E-state index in [1.54, 1.807) is 11.7 Å². The van der Waals surface area contributed by atoms with Crippen molar-refractivity contribution in [2.75, 3.05) is 26.4 Å². The van der Waals surface area contributed by atoms with E-state index in [1.165, 1.54) is 6.20 Å². The molecular weight excluding hydrogens is 238 g/mol. The summed E-state index contributed by atoms with van der Waals surface area (Å²) in [5, 5.41) is 22.3. The van der Waals surface area contributed by atoms with Crippen LogP contribution in [0.25, 0.3) is 0 Å². The molecule has 0 amide bonds. The standard InChI is InChI=1S/C11H17N3O4/c1-13-10(9(4-12-13)11(16)17)5-14-2-3-18-7-8(14)6-15/h4,8,15H,2-3,5-7H2,1H3,(H,16,17). The second kappa shape index (κ2) is 5.47.